The van der Waals surface area contributed by atoms with Crippen LogP contribution in [0.25, 0.3) is 5.69 Å². The minimum Gasteiger partial charge on any atom is -0.422 e. The Hall–Kier alpha value is -4.08. The van der Waals surface area contributed by atoms with Crippen LogP contribution in [0.4, 0.5) is 11.4 Å². The summed E-state index contributed by atoms with van der Waals surface area (Å²) < 4.78 is 6.49. The molecule has 0 saturated carbocycles. The van der Waals surface area contributed by atoms with Gasteiger partial charge in [0.2, 0.25) is 0 Å². The lowest BCUT2D eigenvalue weighted by Gasteiger charge is -2.04. The van der Waals surface area contributed by atoms with Crippen molar-refractivity contribution in [2.24, 2.45) is 0 Å². The van der Waals surface area contributed by atoms with E-state index in [1.54, 1.807) is 6.07 Å². The average molecular weight is 368 g/mol. The van der Waals surface area contributed by atoms with E-state index in [4.69, 9.17) is 4.74 Å². The maximum atomic E-state index is 12.2. The molecular formula is C17H12N4O6. The molecule has 0 aliphatic rings. The zero-order valence-corrected chi connectivity index (χ0v) is 13.9. The van der Waals surface area contributed by atoms with Gasteiger partial charge in [-0.1, -0.05) is 6.07 Å². The Morgan fingerprint density at radius 2 is 1.85 bits per heavy atom. The van der Waals surface area contributed by atoms with Crippen LogP contribution in [0.1, 0.15) is 16.1 Å². The van der Waals surface area contributed by atoms with Crippen molar-refractivity contribution >= 4 is 17.3 Å². The number of aromatic nitrogens is 2. The summed E-state index contributed by atoms with van der Waals surface area (Å²) in [6, 6.07) is 11.1. The molecule has 0 amide bonds. The largest absolute Gasteiger partial charge is 0.422 e. The van der Waals surface area contributed by atoms with E-state index in [9.17, 15) is 25.0 Å². The normalized spacial score (nSPS) is 10.4. The summed E-state index contributed by atoms with van der Waals surface area (Å²) in [5, 5.41) is 25.7. The predicted octanol–water partition coefficient (Wildman–Crippen LogP) is 3.22. The number of nitrogens with zero attached hydrogens (tertiary/aromatic N) is 4. The molecule has 0 atom stereocenters. The fraction of sp³-hybridized carbons (Fsp3) is 0.0588. The Morgan fingerprint density at radius 3 is 2.52 bits per heavy atom. The van der Waals surface area contributed by atoms with Gasteiger partial charge in [-0.05, 0) is 31.2 Å². The highest BCUT2D eigenvalue weighted by Gasteiger charge is 2.16. The van der Waals surface area contributed by atoms with E-state index >= 15 is 0 Å². The topological polar surface area (TPSA) is 130 Å². The van der Waals surface area contributed by atoms with Crippen LogP contribution in [-0.2, 0) is 0 Å². The fourth-order valence-electron chi connectivity index (χ4n) is 2.38. The first-order valence-corrected chi connectivity index (χ1v) is 7.63. The second-order valence-electron chi connectivity index (χ2n) is 5.52. The number of rotatable bonds is 5. The van der Waals surface area contributed by atoms with Crippen molar-refractivity contribution in [2.45, 2.75) is 6.92 Å². The summed E-state index contributed by atoms with van der Waals surface area (Å²) in [4.78, 5) is 32.8. The molecule has 10 heteroatoms. The molecule has 0 spiro atoms. The van der Waals surface area contributed by atoms with Gasteiger partial charge < -0.3 is 4.74 Å². The quantitative estimate of drug-likeness (QED) is 0.292. The lowest BCUT2D eigenvalue weighted by atomic mass is 10.2. The lowest BCUT2D eigenvalue weighted by Crippen LogP contribution is -2.10. The van der Waals surface area contributed by atoms with Gasteiger partial charge in [0.25, 0.3) is 11.4 Å². The van der Waals surface area contributed by atoms with E-state index in [1.165, 1.54) is 60.3 Å². The summed E-state index contributed by atoms with van der Waals surface area (Å²) in [6.45, 7) is 1.53. The predicted molar refractivity (Wildman–Crippen MR) is 93.0 cm³/mol. The maximum Gasteiger partial charge on any atom is 0.364 e. The van der Waals surface area contributed by atoms with Crippen LogP contribution < -0.4 is 4.74 Å². The van der Waals surface area contributed by atoms with Crippen molar-refractivity contribution in [2.75, 3.05) is 0 Å². The first-order chi connectivity index (χ1) is 12.8. The van der Waals surface area contributed by atoms with Crippen molar-refractivity contribution in [1.29, 1.82) is 0 Å². The summed E-state index contributed by atoms with van der Waals surface area (Å²) >= 11 is 0. The molecule has 1 aromatic heterocycles. The van der Waals surface area contributed by atoms with Crippen molar-refractivity contribution in [3.8, 4) is 11.4 Å². The van der Waals surface area contributed by atoms with Gasteiger partial charge in [0.05, 0.1) is 15.5 Å². The summed E-state index contributed by atoms with van der Waals surface area (Å²) in [6.07, 6.45) is 1.47. The van der Waals surface area contributed by atoms with Gasteiger partial charge in [0, 0.05) is 30.0 Å². The van der Waals surface area contributed by atoms with Gasteiger partial charge in [-0.2, -0.15) is 5.10 Å². The molecule has 0 unspecified atom stereocenters. The smallest absolute Gasteiger partial charge is 0.364 e. The van der Waals surface area contributed by atoms with Gasteiger partial charge in [0.15, 0.2) is 5.69 Å². The number of non-ortho nitro benzene ring substituents is 1. The summed E-state index contributed by atoms with van der Waals surface area (Å²) in [5.41, 5.74) is 0.567. The van der Waals surface area contributed by atoms with Gasteiger partial charge in [-0.15, -0.1) is 0 Å². The number of ether oxygens (including phenoxy) is 1. The zero-order valence-electron chi connectivity index (χ0n) is 13.9. The van der Waals surface area contributed by atoms with Gasteiger partial charge in [0.1, 0.15) is 5.75 Å². The monoisotopic (exact) mass is 368 g/mol. The molecule has 0 bridgehead atoms. The maximum absolute atomic E-state index is 12.2. The van der Waals surface area contributed by atoms with Crippen LogP contribution in [0, 0.1) is 27.2 Å². The number of carbonyl (C=O) groups excluding carboxylic acids is 1. The fourth-order valence-corrected chi connectivity index (χ4v) is 2.38. The number of nitro groups is 2. The van der Waals surface area contributed by atoms with E-state index in [0.717, 1.165) is 0 Å². The van der Waals surface area contributed by atoms with Gasteiger partial charge >= 0.3 is 5.97 Å². The van der Waals surface area contributed by atoms with Crippen LogP contribution in [0.3, 0.4) is 0 Å². The molecule has 3 rings (SSSR count). The van der Waals surface area contributed by atoms with E-state index in [2.05, 4.69) is 5.10 Å². The number of aryl methyl sites for hydroxylation is 1. The third kappa shape index (κ3) is 3.79. The number of benzene rings is 2. The Balaban J connectivity index is 1.79. The van der Waals surface area contributed by atoms with Crippen molar-refractivity contribution < 1.29 is 19.4 Å². The minimum atomic E-state index is -0.757. The third-order valence-corrected chi connectivity index (χ3v) is 3.68. The standard InChI is InChI=1S/C17H12N4O6/c1-11-9-14(5-6-16(11)21(25)26)27-17(22)15-7-8-19(18-15)12-3-2-4-13(10-12)20(23)24/h2-10H,1H3. The van der Waals surface area contributed by atoms with E-state index < -0.39 is 15.8 Å². The molecule has 27 heavy (non-hydrogen) atoms. The Bertz CT molecular complexity index is 1060. The number of nitro benzene ring substituents is 2. The first kappa shape index (κ1) is 17.7. The lowest BCUT2D eigenvalue weighted by molar-refractivity contribution is -0.385. The Morgan fingerprint density at radius 1 is 1.07 bits per heavy atom. The number of carbonyl (C=O) groups is 1. The van der Waals surface area contributed by atoms with Crippen molar-refractivity contribution in [3.63, 3.8) is 0 Å². The zero-order chi connectivity index (χ0) is 19.6. The minimum absolute atomic E-state index is 0.0162. The van der Waals surface area contributed by atoms with E-state index in [1.807, 2.05) is 0 Å². The van der Waals surface area contributed by atoms with Crippen LogP contribution >= 0.6 is 0 Å². The highest BCUT2D eigenvalue weighted by Crippen LogP contribution is 2.24. The van der Waals surface area contributed by atoms with Gasteiger partial charge in [-0.25, -0.2) is 9.48 Å². The van der Waals surface area contributed by atoms with Crippen molar-refractivity contribution in [3.05, 3.63) is 86.2 Å². The average Bonchev–Trinajstić information content (AvgIpc) is 3.12. The molecule has 0 N–H and O–H groups in total. The summed E-state index contributed by atoms with van der Waals surface area (Å²) in [5.74, 6) is -0.611. The molecule has 0 saturated heterocycles. The number of esters is 1. The van der Waals surface area contributed by atoms with Crippen molar-refractivity contribution in [1.82, 2.24) is 9.78 Å². The molecule has 136 valence electrons. The molecule has 3 aromatic rings. The Labute approximate surface area is 151 Å². The molecule has 1 heterocycles. The molecule has 2 aromatic carbocycles. The molecule has 0 radical (unpaired) electrons. The van der Waals surface area contributed by atoms with E-state index in [-0.39, 0.29) is 22.8 Å². The van der Waals surface area contributed by atoms with Gasteiger partial charge in [-0.3, -0.25) is 20.2 Å². The number of hydrogen-bond donors (Lipinski definition) is 0. The third-order valence-electron chi connectivity index (χ3n) is 3.68. The van der Waals surface area contributed by atoms with E-state index in [0.29, 0.717) is 11.3 Å². The van der Waals surface area contributed by atoms with Crippen LogP contribution in [0.2, 0.25) is 0 Å². The molecular weight excluding hydrogens is 356 g/mol. The number of hydrogen-bond acceptors (Lipinski definition) is 7. The summed E-state index contributed by atoms with van der Waals surface area (Å²) in [7, 11) is 0. The molecule has 10 nitrogen and oxygen atoms in total. The molecule has 0 aliphatic heterocycles. The SMILES string of the molecule is Cc1cc(OC(=O)c2ccn(-c3cccc([N+](=O)[O-])c3)n2)ccc1[N+](=O)[O-]. The highest BCUT2D eigenvalue weighted by molar-refractivity contribution is 5.89. The molecule has 0 fully saturated rings. The second-order valence-corrected chi connectivity index (χ2v) is 5.52. The molecule has 0 aliphatic carbocycles. The van der Waals surface area contributed by atoms with Crippen LogP contribution in [-0.4, -0.2) is 25.6 Å². The highest BCUT2D eigenvalue weighted by atomic mass is 16.6. The first-order valence-electron chi connectivity index (χ1n) is 7.63. The second kappa shape index (κ2) is 7.04. The Kier molecular flexibility index (Phi) is 4.62. The van der Waals surface area contributed by atoms with Crippen LogP contribution in [0.15, 0.2) is 54.7 Å². The van der Waals surface area contributed by atoms with Crippen LogP contribution in [0.5, 0.6) is 5.75 Å².